The molecule has 2 atom stereocenters. The predicted octanol–water partition coefficient (Wildman–Crippen LogP) is 6.95. The van der Waals surface area contributed by atoms with Crippen molar-refractivity contribution in [2.75, 3.05) is 0 Å². The van der Waals surface area contributed by atoms with Crippen LogP contribution in [0.15, 0.2) is 60.7 Å². The number of allylic oxidation sites excluding steroid dienone is 4. The third-order valence-corrected chi connectivity index (χ3v) is 5.76. The standard InChI is InChI=1S/C24H26/c1-3-17-15-19(23-11-7-5-9-21(17)23)13-14-20-16-18(4-2)22-10-6-8-12-24(20)22/h5-12,15-18H,3-4,13-14H2,1-2H3/t17-,18+. The molecule has 0 fully saturated rings. The fraction of sp³-hybridized carbons (Fsp3) is 0.333. The van der Waals surface area contributed by atoms with Gasteiger partial charge in [0.15, 0.2) is 0 Å². The molecule has 0 radical (unpaired) electrons. The molecule has 0 amide bonds. The smallest absolute Gasteiger partial charge is 0.00274 e. The molecule has 4 rings (SSSR count). The van der Waals surface area contributed by atoms with Crippen molar-refractivity contribution in [3.8, 4) is 0 Å². The Bertz CT molecular complexity index is 737. The van der Waals surface area contributed by atoms with E-state index in [-0.39, 0.29) is 0 Å². The van der Waals surface area contributed by atoms with Gasteiger partial charge in [-0.1, -0.05) is 74.5 Å². The summed E-state index contributed by atoms with van der Waals surface area (Å²) in [5.74, 6) is 1.23. The third kappa shape index (κ3) is 2.55. The maximum absolute atomic E-state index is 2.52. The van der Waals surface area contributed by atoms with Gasteiger partial charge < -0.3 is 0 Å². The molecule has 0 N–H and O–H groups in total. The molecule has 122 valence electrons. The van der Waals surface area contributed by atoms with Crippen molar-refractivity contribution < 1.29 is 0 Å². The predicted molar refractivity (Wildman–Crippen MR) is 104 cm³/mol. The van der Waals surface area contributed by atoms with Crippen LogP contribution in [0, 0.1) is 0 Å². The zero-order valence-corrected chi connectivity index (χ0v) is 14.8. The Labute approximate surface area is 145 Å². The highest BCUT2D eigenvalue weighted by molar-refractivity contribution is 5.79. The van der Waals surface area contributed by atoms with Crippen LogP contribution in [-0.2, 0) is 0 Å². The van der Waals surface area contributed by atoms with E-state index in [0.717, 1.165) is 12.8 Å². The molecule has 2 aromatic carbocycles. The van der Waals surface area contributed by atoms with Gasteiger partial charge in [0.05, 0.1) is 0 Å². The molecule has 0 spiro atoms. The van der Waals surface area contributed by atoms with Gasteiger partial charge in [-0.25, -0.2) is 0 Å². The highest BCUT2D eigenvalue weighted by atomic mass is 14.3. The first kappa shape index (κ1) is 15.4. The van der Waals surface area contributed by atoms with E-state index in [9.17, 15) is 0 Å². The van der Waals surface area contributed by atoms with Crippen LogP contribution in [0.3, 0.4) is 0 Å². The van der Waals surface area contributed by atoms with Gasteiger partial charge in [0, 0.05) is 11.8 Å². The van der Waals surface area contributed by atoms with E-state index in [1.807, 2.05) is 0 Å². The van der Waals surface area contributed by atoms with Crippen LogP contribution in [0.4, 0.5) is 0 Å². The van der Waals surface area contributed by atoms with Crippen molar-refractivity contribution in [3.05, 3.63) is 82.9 Å². The van der Waals surface area contributed by atoms with Gasteiger partial charge in [0.25, 0.3) is 0 Å². The van der Waals surface area contributed by atoms with Crippen molar-refractivity contribution in [3.63, 3.8) is 0 Å². The first-order valence-corrected chi connectivity index (χ1v) is 9.41. The van der Waals surface area contributed by atoms with Crippen LogP contribution in [0.1, 0.15) is 73.6 Å². The Hall–Kier alpha value is -2.08. The van der Waals surface area contributed by atoms with Gasteiger partial charge in [0.2, 0.25) is 0 Å². The van der Waals surface area contributed by atoms with Crippen LogP contribution >= 0.6 is 0 Å². The summed E-state index contributed by atoms with van der Waals surface area (Å²) < 4.78 is 0. The van der Waals surface area contributed by atoms with Crippen LogP contribution in [0.5, 0.6) is 0 Å². The zero-order chi connectivity index (χ0) is 16.5. The second-order valence-electron chi connectivity index (χ2n) is 7.09. The van der Waals surface area contributed by atoms with Gasteiger partial charge in [-0.05, 0) is 59.1 Å². The van der Waals surface area contributed by atoms with Gasteiger partial charge >= 0.3 is 0 Å². The minimum atomic E-state index is 0.615. The zero-order valence-electron chi connectivity index (χ0n) is 14.8. The monoisotopic (exact) mass is 314 g/mol. The van der Waals surface area contributed by atoms with Crippen LogP contribution in [0.2, 0.25) is 0 Å². The van der Waals surface area contributed by atoms with Crippen LogP contribution in [0.25, 0.3) is 11.1 Å². The van der Waals surface area contributed by atoms with E-state index in [4.69, 9.17) is 0 Å². The summed E-state index contributed by atoms with van der Waals surface area (Å²) in [6.45, 7) is 4.59. The average Bonchev–Trinajstić information content (AvgIpc) is 3.18. The topological polar surface area (TPSA) is 0 Å². The summed E-state index contributed by atoms with van der Waals surface area (Å²) >= 11 is 0. The average molecular weight is 314 g/mol. The quantitative estimate of drug-likeness (QED) is 0.560. The lowest BCUT2D eigenvalue weighted by molar-refractivity contribution is 0.817. The minimum absolute atomic E-state index is 0.615. The highest BCUT2D eigenvalue weighted by Crippen LogP contribution is 2.43. The molecule has 0 bridgehead atoms. The molecule has 0 unspecified atom stereocenters. The Morgan fingerprint density at radius 2 is 1.04 bits per heavy atom. The number of hydrogen-bond donors (Lipinski definition) is 0. The molecular weight excluding hydrogens is 288 g/mol. The second kappa shape index (κ2) is 6.43. The van der Waals surface area contributed by atoms with E-state index in [1.165, 1.54) is 35.1 Å². The van der Waals surface area contributed by atoms with Gasteiger partial charge in [-0.3, -0.25) is 0 Å². The van der Waals surface area contributed by atoms with Crippen molar-refractivity contribution in [1.82, 2.24) is 0 Å². The Balaban J connectivity index is 1.56. The lowest BCUT2D eigenvalue weighted by Crippen LogP contribution is -1.90. The number of fused-ring (bicyclic) bond motifs is 2. The van der Waals surface area contributed by atoms with E-state index < -0.39 is 0 Å². The molecule has 24 heavy (non-hydrogen) atoms. The molecule has 2 aliphatic rings. The maximum Gasteiger partial charge on any atom is 0.00274 e. The summed E-state index contributed by atoms with van der Waals surface area (Å²) in [5.41, 5.74) is 9.14. The second-order valence-corrected chi connectivity index (χ2v) is 7.09. The fourth-order valence-electron chi connectivity index (χ4n) is 4.45. The lowest BCUT2D eigenvalue weighted by Gasteiger charge is -2.09. The molecule has 2 aliphatic carbocycles. The Morgan fingerprint density at radius 3 is 1.46 bits per heavy atom. The minimum Gasteiger partial charge on any atom is -0.0732 e. The summed E-state index contributed by atoms with van der Waals surface area (Å²) in [4.78, 5) is 0. The van der Waals surface area contributed by atoms with E-state index in [0.29, 0.717) is 11.8 Å². The van der Waals surface area contributed by atoms with Gasteiger partial charge in [-0.2, -0.15) is 0 Å². The van der Waals surface area contributed by atoms with E-state index in [1.54, 1.807) is 11.1 Å². The molecule has 0 heteroatoms. The van der Waals surface area contributed by atoms with Crippen molar-refractivity contribution in [2.45, 2.75) is 51.4 Å². The molecule has 0 heterocycles. The van der Waals surface area contributed by atoms with E-state index >= 15 is 0 Å². The molecule has 2 aromatic rings. The largest absolute Gasteiger partial charge is 0.0732 e. The van der Waals surface area contributed by atoms with Crippen molar-refractivity contribution in [1.29, 1.82) is 0 Å². The highest BCUT2D eigenvalue weighted by Gasteiger charge is 2.24. The maximum atomic E-state index is 2.52. The van der Waals surface area contributed by atoms with Gasteiger partial charge in [-0.15, -0.1) is 0 Å². The number of hydrogen-bond acceptors (Lipinski definition) is 0. The Kier molecular flexibility index (Phi) is 4.14. The van der Waals surface area contributed by atoms with Crippen molar-refractivity contribution >= 4 is 11.1 Å². The molecule has 0 nitrogen and oxygen atoms in total. The Morgan fingerprint density at radius 1 is 0.625 bits per heavy atom. The first-order chi connectivity index (χ1) is 11.8. The normalized spacial score (nSPS) is 21.2. The van der Waals surface area contributed by atoms with Crippen LogP contribution < -0.4 is 0 Å². The first-order valence-electron chi connectivity index (χ1n) is 9.41. The van der Waals surface area contributed by atoms with Crippen molar-refractivity contribution in [2.24, 2.45) is 0 Å². The number of rotatable bonds is 5. The third-order valence-electron chi connectivity index (χ3n) is 5.76. The molecule has 0 saturated heterocycles. The summed E-state index contributed by atoms with van der Waals surface area (Å²) in [7, 11) is 0. The summed E-state index contributed by atoms with van der Waals surface area (Å²) in [5, 5.41) is 0. The molecule has 0 saturated carbocycles. The van der Waals surface area contributed by atoms with Gasteiger partial charge in [0.1, 0.15) is 0 Å². The SMILES string of the molecule is CC[C@H]1C=C(CCC2=C[C@@H](CC)c3ccccc32)c2ccccc21. The lowest BCUT2D eigenvalue weighted by atomic mass is 9.95. The molecule has 0 aromatic heterocycles. The van der Waals surface area contributed by atoms with Crippen LogP contribution in [-0.4, -0.2) is 0 Å². The fourth-order valence-corrected chi connectivity index (χ4v) is 4.45. The molecular formula is C24H26. The van der Waals surface area contributed by atoms with E-state index in [2.05, 4.69) is 74.5 Å². The summed E-state index contributed by atoms with van der Waals surface area (Å²) in [6.07, 6.45) is 9.74. The summed E-state index contributed by atoms with van der Waals surface area (Å²) in [6, 6.07) is 18.0. The number of benzene rings is 2. The molecule has 0 aliphatic heterocycles.